The molecule has 2 aliphatic rings. The maximum absolute atomic E-state index is 13.0. The van der Waals surface area contributed by atoms with E-state index in [0.29, 0.717) is 0 Å². The summed E-state index contributed by atoms with van der Waals surface area (Å²) in [7, 11) is 1.44. The first-order valence-corrected chi connectivity index (χ1v) is 13.1. The number of carbonyl (C=O) groups is 4. The Morgan fingerprint density at radius 3 is 2.39 bits per heavy atom. The number of primary amides is 1. The number of hydrogen-bond acceptors (Lipinski definition) is 10. The van der Waals surface area contributed by atoms with E-state index in [9.17, 15) is 19.2 Å². The van der Waals surface area contributed by atoms with Crippen LogP contribution >= 0.6 is 11.8 Å². The molecular weight excluding hydrogens is 518 g/mol. The molecule has 0 radical (unpaired) electrons. The zero-order chi connectivity index (χ0) is 28.0. The maximum Gasteiger partial charge on any atom is 0.239 e. The number of fused-ring (bicyclic) bond motifs is 1. The van der Waals surface area contributed by atoms with Crippen LogP contribution in [0.2, 0.25) is 0 Å². The highest BCUT2D eigenvalue weighted by atomic mass is 32.2. The van der Waals surface area contributed by atoms with Crippen LogP contribution in [0.15, 0.2) is 30.3 Å². The molecule has 12 nitrogen and oxygen atoms in total. The first-order chi connectivity index (χ1) is 18.0. The largest absolute Gasteiger partial charge is 0.368 e. The molecule has 2 heterocycles. The van der Waals surface area contributed by atoms with Gasteiger partial charge < -0.3 is 40.1 Å². The molecule has 4 N–H and O–H groups in total. The van der Waals surface area contributed by atoms with Crippen molar-refractivity contribution in [2.24, 2.45) is 5.73 Å². The standard InChI is InChI=1S/C25H35N3O9S/c1-12(21(26)30)27-22(31)14(3)38-23(32)13(2)35-20-18(28-15(4)29)25(33-5)36-17-11-34-24(37-19(17)20)16-9-7-6-8-10-16/h6-10,12-14,17-20,24-25H,11H2,1-5H3,(H2,26,30)(H,27,31)(H,28,29)/t12-,13-,14+,17-,18-,19-,20-,24-,25+/m1/s1. The number of rotatable bonds is 10. The van der Waals surface area contributed by atoms with Gasteiger partial charge in [0.2, 0.25) is 22.8 Å². The molecule has 0 unspecified atom stereocenters. The van der Waals surface area contributed by atoms with Crippen LogP contribution in [-0.4, -0.2) is 84.6 Å². The number of ether oxygens (including phenoxy) is 5. The Morgan fingerprint density at radius 1 is 1.11 bits per heavy atom. The van der Waals surface area contributed by atoms with Crippen LogP contribution in [0.5, 0.6) is 0 Å². The lowest BCUT2D eigenvalue weighted by Crippen LogP contribution is -2.67. The zero-order valence-corrected chi connectivity index (χ0v) is 22.8. The Bertz CT molecular complexity index is 998. The molecule has 1 aromatic carbocycles. The molecule has 1 aromatic rings. The second kappa shape index (κ2) is 13.5. The minimum Gasteiger partial charge on any atom is -0.368 e. The van der Waals surface area contributed by atoms with Gasteiger partial charge in [-0.2, -0.15) is 0 Å². The van der Waals surface area contributed by atoms with Gasteiger partial charge in [0.25, 0.3) is 0 Å². The molecule has 210 valence electrons. The van der Waals surface area contributed by atoms with Crippen molar-refractivity contribution in [3.8, 4) is 0 Å². The van der Waals surface area contributed by atoms with E-state index in [0.717, 1.165) is 17.3 Å². The molecule has 0 bridgehead atoms. The van der Waals surface area contributed by atoms with Gasteiger partial charge in [-0.3, -0.25) is 19.2 Å². The van der Waals surface area contributed by atoms with Crippen LogP contribution in [0.3, 0.4) is 0 Å². The summed E-state index contributed by atoms with van der Waals surface area (Å²) in [6, 6.07) is 7.65. The van der Waals surface area contributed by atoms with Crippen LogP contribution in [-0.2, 0) is 42.9 Å². The van der Waals surface area contributed by atoms with Crippen molar-refractivity contribution in [3.63, 3.8) is 0 Å². The fourth-order valence-electron chi connectivity index (χ4n) is 4.12. The lowest BCUT2D eigenvalue weighted by atomic mass is 9.95. The summed E-state index contributed by atoms with van der Waals surface area (Å²) in [5.41, 5.74) is 5.98. The first-order valence-electron chi connectivity index (χ1n) is 12.2. The van der Waals surface area contributed by atoms with Crippen LogP contribution in [0.1, 0.15) is 39.5 Å². The van der Waals surface area contributed by atoms with Crippen molar-refractivity contribution >= 4 is 34.6 Å². The Labute approximate surface area is 225 Å². The van der Waals surface area contributed by atoms with Gasteiger partial charge in [-0.1, -0.05) is 42.1 Å². The SMILES string of the molecule is CO[C@H]1O[C@@H]2CO[C@@H](c3ccccc3)O[C@H]2[C@H](O[C@H](C)C(=O)S[C@@H](C)C(=O)N[C@H](C)C(N)=O)[C@H]1NC(C)=O. The normalized spacial score (nSPS) is 29.3. The third kappa shape index (κ3) is 7.52. The third-order valence-corrected chi connectivity index (χ3v) is 7.29. The predicted molar refractivity (Wildman–Crippen MR) is 136 cm³/mol. The summed E-state index contributed by atoms with van der Waals surface area (Å²) < 4.78 is 29.8. The van der Waals surface area contributed by atoms with Crippen molar-refractivity contribution in [2.45, 2.75) is 82.0 Å². The number of thioether (sulfide) groups is 1. The van der Waals surface area contributed by atoms with Gasteiger partial charge in [-0.25, -0.2) is 0 Å². The molecule has 2 fully saturated rings. The first kappa shape index (κ1) is 30.0. The summed E-state index contributed by atoms with van der Waals surface area (Å²) >= 11 is 0.763. The molecule has 0 aromatic heterocycles. The summed E-state index contributed by atoms with van der Waals surface area (Å²) in [4.78, 5) is 48.7. The van der Waals surface area contributed by atoms with Crippen molar-refractivity contribution < 1.29 is 42.9 Å². The Kier molecular flexibility index (Phi) is 10.7. The van der Waals surface area contributed by atoms with Gasteiger partial charge in [-0.05, 0) is 20.8 Å². The van der Waals surface area contributed by atoms with E-state index >= 15 is 0 Å². The molecule has 2 aliphatic heterocycles. The van der Waals surface area contributed by atoms with Gasteiger partial charge >= 0.3 is 0 Å². The molecule has 38 heavy (non-hydrogen) atoms. The molecular formula is C25H35N3O9S. The highest BCUT2D eigenvalue weighted by Gasteiger charge is 2.52. The lowest BCUT2D eigenvalue weighted by Gasteiger charge is -2.49. The van der Waals surface area contributed by atoms with E-state index in [-0.39, 0.29) is 12.5 Å². The number of hydrogen-bond donors (Lipinski definition) is 3. The minimum absolute atomic E-state index is 0.170. The summed E-state index contributed by atoms with van der Waals surface area (Å²) in [6.45, 7) is 6.07. The number of nitrogens with one attached hydrogen (secondary N) is 2. The fraction of sp³-hybridized carbons (Fsp3) is 0.600. The summed E-state index contributed by atoms with van der Waals surface area (Å²) in [5.74, 6) is -1.54. The monoisotopic (exact) mass is 553 g/mol. The highest BCUT2D eigenvalue weighted by Crippen LogP contribution is 2.36. The van der Waals surface area contributed by atoms with Gasteiger partial charge in [0.15, 0.2) is 12.6 Å². The molecule has 13 heteroatoms. The topological polar surface area (TPSA) is 165 Å². The Morgan fingerprint density at radius 2 is 1.79 bits per heavy atom. The molecule has 0 spiro atoms. The fourth-order valence-corrected chi connectivity index (χ4v) is 4.89. The Balaban J connectivity index is 1.77. The van der Waals surface area contributed by atoms with Crippen molar-refractivity contribution in [1.82, 2.24) is 10.6 Å². The van der Waals surface area contributed by atoms with Crippen LogP contribution in [0, 0.1) is 0 Å². The molecule has 3 amide bonds. The molecule has 9 atom stereocenters. The average Bonchev–Trinajstić information content (AvgIpc) is 2.89. The van der Waals surface area contributed by atoms with Crippen LogP contribution in [0.25, 0.3) is 0 Å². The average molecular weight is 554 g/mol. The van der Waals surface area contributed by atoms with Crippen molar-refractivity contribution in [3.05, 3.63) is 35.9 Å². The van der Waals surface area contributed by atoms with E-state index in [1.54, 1.807) is 6.92 Å². The van der Waals surface area contributed by atoms with Crippen LogP contribution < -0.4 is 16.4 Å². The molecule has 3 rings (SSSR count). The maximum atomic E-state index is 13.0. The minimum atomic E-state index is -0.997. The van der Waals surface area contributed by atoms with E-state index in [1.807, 2.05) is 30.3 Å². The number of methoxy groups -OCH3 is 1. The third-order valence-electron chi connectivity index (χ3n) is 6.15. The van der Waals surface area contributed by atoms with Gasteiger partial charge in [0.1, 0.15) is 36.5 Å². The molecule has 0 aliphatic carbocycles. The Hall–Kier alpha value is -2.55. The second-order valence-electron chi connectivity index (χ2n) is 9.14. The smallest absolute Gasteiger partial charge is 0.239 e. The molecule has 0 saturated carbocycles. The lowest BCUT2D eigenvalue weighted by molar-refractivity contribution is -0.347. The second-order valence-corrected chi connectivity index (χ2v) is 10.5. The van der Waals surface area contributed by atoms with Gasteiger partial charge in [0, 0.05) is 19.6 Å². The van der Waals surface area contributed by atoms with E-state index in [1.165, 1.54) is 27.9 Å². The van der Waals surface area contributed by atoms with Gasteiger partial charge in [0.05, 0.1) is 11.9 Å². The zero-order valence-electron chi connectivity index (χ0n) is 21.9. The van der Waals surface area contributed by atoms with Crippen molar-refractivity contribution in [2.75, 3.05) is 13.7 Å². The quantitative estimate of drug-likeness (QED) is 0.369. The summed E-state index contributed by atoms with van der Waals surface area (Å²) in [6.07, 6.45) is -4.75. The van der Waals surface area contributed by atoms with Crippen molar-refractivity contribution in [1.29, 1.82) is 0 Å². The van der Waals surface area contributed by atoms with Crippen LogP contribution in [0.4, 0.5) is 0 Å². The van der Waals surface area contributed by atoms with E-state index in [4.69, 9.17) is 29.4 Å². The predicted octanol–water partition coefficient (Wildman–Crippen LogP) is 0.389. The number of amides is 3. The highest BCUT2D eigenvalue weighted by molar-refractivity contribution is 8.14. The number of nitrogens with two attached hydrogens (primary N) is 1. The summed E-state index contributed by atoms with van der Waals surface area (Å²) in [5, 5.41) is 4.02. The number of benzene rings is 1. The van der Waals surface area contributed by atoms with Gasteiger partial charge in [-0.15, -0.1) is 0 Å². The van der Waals surface area contributed by atoms with E-state index in [2.05, 4.69) is 10.6 Å². The van der Waals surface area contributed by atoms with E-state index < -0.39 is 71.3 Å². The number of carbonyl (C=O) groups excluding carboxylic acids is 4. The molecule has 2 saturated heterocycles.